The number of hydrogen-bond acceptors (Lipinski definition) is 4. The molecule has 0 spiro atoms. The summed E-state index contributed by atoms with van der Waals surface area (Å²) in [6.07, 6.45) is 5.14. The van der Waals surface area contributed by atoms with E-state index in [9.17, 15) is 18.0 Å². The van der Waals surface area contributed by atoms with Crippen molar-refractivity contribution >= 4 is 39.1 Å². The molecule has 1 fully saturated rings. The van der Waals surface area contributed by atoms with E-state index < -0.39 is 28.5 Å². The van der Waals surface area contributed by atoms with Gasteiger partial charge < -0.3 is 10.2 Å². The maximum absolute atomic E-state index is 13.9. The Morgan fingerprint density at radius 2 is 1.49 bits per heavy atom. The van der Waals surface area contributed by atoms with Crippen LogP contribution in [0.15, 0.2) is 89.8 Å². The number of nitrogens with one attached hydrogen (secondary N) is 1. The van der Waals surface area contributed by atoms with E-state index in [0.717, 1.165) is 42.0 Å². The summed E-state index contributed by atoms with van der Waals surface area (Å²) in [5.74, 6) is -0.727. The summed E-state index contributed by atoms with van der Waals surface area (Å²) in [5, 5.41) is 3.55. The van der Waals surface area contributed by atoms with Crippen LogP contribution < -0.4 is 9.62 Å². The first-order valence-electron chi connectivity index (χ1n) is 13.2. The predicted octanol–water partition coefficient (Wildman–Crippen LogP) is 5.40. The minimum Gasteiger partial charge on any atom is -0.352 e. The number of benzene rings is 3. The van der Waals surface area contributed by atoms with Crippen LogP contribution in [0, 0.1) is 0 Å². The molecule has 9 heteroatoms. The third-order valence-electron chi connectivity index (χ3n) is 7.04. The number of sulfonamides is 1. The van der Waals surface area contributed by atoms with Crippen molar-refractivity contribution < 1.29 is 18.0 Å². The van der Waals surface area contributed by atoms with Gasteiger partial charge in [-0.25, -0.2) is 8.42 Å². The van der Waals surface area contributed by atoms with E-state index in [1.807, 2.05) is 30.3 Å². The molecule has 2 amide bonds. The maximum Gasteiger partial charge on any atom is 0.264 e. The van der Waals surface area contributed by atoms with Crippen molar-refractivity contribution in [3.05, 3.63) is 95.5 Å². The molecule has 1 N–H and O–H groups in total. The Labute approximate surface area is 235 Å². The minimum absolute atomic E-state index is 0.0606. The van der Waals surface area contributed by atoms with Crippen LogP contribution in [0.1, 0.15) is 44.6 Å². The van der Waals surface area contributed by atoms with E-state index in [0.29, 0.717) is 10.7 Å². The molecule has 0 unspecified atom stereocenters. The van der Waals surface area contributed by atoms with Crippen LogP contribution in [-0.2, 0) is 26.2 Å². The number of hydrogen-bond donors (Lipinski definition) is 1. The first-order valence-corrected chi connectivity index (χ1v) is 15.0. The van der Waals surface area contributed by atoms with Gasteiger partial charge in [0.25, 0.3) is 10.0 Å². The number of rotatable bonds is 10. The molecule has 1 aliphatic carbocycles. The largest absolute Gasteiger partial charge is 0.352 e. The fourth-order valence-electron chi connectivity index (χ4n) is 4.79. The van der Waals surface area contributed by atoms with Gasteiger partial charge in [-0.1, -0.05) is 79.4 Å². The molecule has 7 nitrogen and oxygen atoms in total. The molecular weight excluding hydrogens is 534 g/mol. The molecule has 3 aromatic rings. The van der Waals surface area contributed by atoms with Gasteiger partial charge >= 0.3 is 0 Å². The average molecular weight is 568 g/mol. The van der Waals surface area contributed by atoms with E-state index in [4.69, 9.17) is 11.6 Å². The lowest BCUT2D eigenvalue weighted by Gasteiger charge is -2.33. The van der Waals surface area contributed by atoms with Gasteiger partial charge in [0.1, 0.15) is 12.6 Å². The van der Waals surface area contributed by atoms with Gasteiger partial charge in [-0.2, -0.15) is 0 Å². The quantitative estimate of drug-likeness (QED) is 0.355. The van der Waals surface area contributed by atoms with Crippen molar-refractivity contribution in [2.24, 2.45) is 0 Å². The summed E-state index contributed by atoms with van der Waals surface area (Å²) in [6.45, 7) is 1.38. The summed E-state index contributed by atoms with van der Waals surface area (Å²) < 4.78 is 28.6. The van der Waals surface area contributed by atoms with Crippen LogP contribution in [0.3, 0.4) is 0 Å². The lowest BCUT2D eigenvalue weighted by atomic mass is 9.95. The van der Waals surface area contributed by atoms with E-state index in [2.05, 4.69) is 5.32 Å². The lowest BCUT2D eigenvalue weighted by molar-refractivity contribution is -0.139. The van der Waals surface area contributed by atoms with Crippen molar-refractivity contribution in [3.63, 3.8) is 0 Å². The topological polar surface area (TPSA) is 86.8 Å². The smallest absolute Gasteiger partial charge is 0.264 e. The highest BCUT2D eigenvalue weighted by molar-refractivity contribution is 7.92. The monoisotopic (exact) mass is 567 g/mol. The Kier molecular flexibility index (Phi) is 9.64. The summed E-state index contributed by atoms with van der Waals surface area (Å²) in [5.41, 5.74) is 1.14. The van der Waals surface area contributed by atoms with Crippen LogP contribution in [0.5, 0.6) is 0 Å². The van der Waals surface area contributed by atoms with Crippen molar-refractivity contribution in [2.45, 2.75) is 62.6 Å². The molecule has 0 bridgehead atoms. The van der Waals surface area contributed by atoms with Gasteiger partial charge in [0.2, 0.25) is 11.8 Å². The highest BCUT2D eigenvalue weighted by Gasteiger charge is 2.33. The van der Waals surface area contributed by atoms with Crippen molar-refractivity contribution in [2.75, 3.05) is 10.8 Å². The number of halogens is 1. The second-order valence-electron chi connectivity index (χ2n) is 9.83. The molecule has 0 radical (unpaired) electrons. The number of carbonyl (C=O) groups excluding carboxylic acids is 2. The number of anilines is 1. The second-order valence-corrected chi connectivity index (χ2v) is 12.1. The highest BCUT2D eigenvalue weighted by Crippen LogP contribution is 2.26. The van der Waals surface area contributed by atoms with Crippen molar-refractivity contribution in [1.29, 1.82) is 0 Å². The van der Waals surface area contributed by atoms with Crippen LogP contribution in [0.2, 0.25) is 5.02 Å². The van der Waals surface area contributed by atoms with Gasteiger partial charge in [0, 0.05) is 17.6 Å². The van der Waals surface area contributed by atoms with Gasteiger partial charge in [-0.05, 0) is 61.7 Å². The molecule has 0 heterocycles. The molecule has 3 aromatic carbocycles. The number of amides is 2. The van der Waals surface area contributed by atoms with Crippen LogP contribution >= 0.6 is 11.6 Å². The molecule has 4 rings (SSSR count). The Morgan fingerprint density at radius 3 is 2.10 bits per heavy atom. The first-order chi connectivity index (χ1) is 18.8. The summed E-state index contributed by atoms with van der Waals surface area (Å²) in [7, 11) is -4.09. The van der Waals surface area contributed by atoms with E-state index in [-0.39, 0.29) is 23.4 Å². The molecule has 206 valence electrons. The Hall–Kier alpha value is -3.36. The van der Waals surface area contributed by atoms with Gasteiger partial charge in [0.15, 0.2) is 0 Å². The van der Waals surface area contributed by atoms with Crippen molar-refractivity contribution in [3.8, 4) is 0 Å². The Morgan fingerprint density at radius 1 is 0.897 bits per heavy atom. The fraction of sp³-hybridized carbons (Fsp3) is 0.333. The first kappa shape index (κ1) is 28.6. The molecule has 0 aromatic heterocycles. The third kappa shape index (κ3) is 7.40. The van der Waals surface area contributed by atoms with Gasteiger partial charge in [-0.15, -0.1) is 0 Å². The molecule has 0 aliphatic heterocycles. The summed E-state index contributed by atoms with van der Waals surface area (Å²) >= 11 is 6.06. The zero-order valence-electron chi connectivity index (χ0n) is 22.0. The van der Waals surface area contributed by atoms with Gasteiger partial charge in [-0.3, -0.25) is 13.9 Å². The molecule has 1 saturated carbocycles. The Bertz CT molecular complexity index is 1350. The van der Waals surface area contributed by atoms with Gasteiger partial charge in [0.05, 0.1) is 10.6 Å². The molecule has 1 atom stereocenters. The second kappa shape index (κ2) is 13.1. The minimum atomic E-state index is -4.09. The third-order valence-corrected chi connectivity index (χ3v) is 9.08. The fourth-order valence-corrected chi connectivity index (χ4v) is 6.35. The highest BCUT2D eigenvalue weighted by atomic mass is 35.5. The SMILES string of the molecule is C[C@@H](C(=O)NC1CCCCC1)N(Cc1ccccc1)C(=O)CN(c1ccc(Cl)cc1)S(=O)(=O)c1ccccc1. The van der Waals surface area contributed by atoms with Crippen LogP contribution in [-0.4, -0.2) is 43.8 Å². The standard InChI is InChI=1S/C30H34ClN3O4S/c1-23(30(36)32-26-13-7-3-8-14-26)33(21-24-11-5-2-6-12-24)29(35)22-34(27-19-17-25(31)18-20-27)39(37,38)28-15-9-4-10-16-28/h2,4-6,9-12,15-20,23,26H,3,7-8,13-14,21-22H2,1H3,(H,32,36)/t23-/m0/s1. The Balaban J connectivity index is 1.64. The van der Waals surface area contributed by atoms with Crippen LogP contribution in [0.4, 0.5) is 5.69 Å². The van der Waals surface area contributed by atoms with E-state index in [1.165, 1.54) is 17.0 Å². The zero-order chi connectivity index (χ0) is 27.8. The molecule has 0 saturated heterocycles. The number of carbonyl (C=O) groups is 2. The summed E-state index contributed by atoms with van der Waals surface area (Å²) in [6, 6.07) is 22.9. The molecular formula is C30H34ClN3O4S. The zero-order valence-corrected chi connectivity index (χ0v) is 23.6. The normalized spacial score (nSPS) is 14.8. The number of nitrogens with zero attached hydrogens (tertiary/aromatic N) is 2. The van der Waals surface area contributed by atoms with E-state index in [1.54, 1.807) is 49.4 Å². The lowest BCUT2D eigenvalue weighted by Crippen LogP contribution is -2.53. The van der Waals surface area contributed by atoms with Crippen molar-refractivity contribution in [1.82, 2.24) is 10.2 Å². The molecule has 1 aliphatic rings. The molecule has 39 heavy (non-hydrogen) atoms. The van der Waals surface area contributed by atoms with E-state index >= 15 is 0 Å². The average Bonchev–Trinajstić information content (AvgIpc) is 2.96. The summed E-state index contributed by atoms with van der Waals surface area (Å²) in [4.78, 5) is 28.8. The van der Waals surface area contributed by atoms with Crippen LogP contribution in [0.25, 0.3) is 0 Å². The maximum atomic E-state index is 13.9. The predicted molar refractivity (Wildman–Crippen MR) is 154 cm³/mol.